The lowest BCUT2D eigenvalue weighted by molar-refractivity contribution is -0.384. The molecule has 0 amide bonds. The molecule has 1 saturated carbocycles. The summed E-state index contributed by atoms with van der Waals surface area (Å²) in [6.07, 6.45) is 7.40. The first-order chi connectivity index (χ1) is 7.25. The average molecular weight is 201 g/mol. The molecule has 0 N–H and O–H groups in total. The SMILES string of the molecule is O=[N+]([O-])c1cc2c(c(C3CC3)c1)CC=C2. The Kier molecular flexibility index (Phi) is 1.69. The Labute approximate surface area is 87.6 Å². The molecule has 3 nitrogen and oxygen atoms in total. The van der Waals surface area contributed by atoms with Crippen LogP contribution in [-0.2, 0) is 6.42 Å². The number of fused-ring (bicyclic) bond motifs is 1. The zero-order chi connectivity index (χ0) is 10.4. The predicted molar refractivity (Wildman–Crippen MR) is 57.8 cm³/mol. The van der Waals surface area contributed by atoms with E-state index < -0.39 is 0 Å². The van der Waals surface area contributed by atoms with Gasteiger partial charge >= 0.3 is 0 Å². The highest BCUT2D eigenvalue weighted by atomic mass is 16.6. The fourth-order valence-corrected chi connectivity index (χ4v) is 2.25. The van der Waals surface area contributed by atoms with Crippen molar-refractivity contribution in [2.75, 3.05) is 0 Å². The van der Waals surface area contributed by atoms with Crippen molar-refractivity contribution < 1.29 is 4.92 Å². The maximum Gasteiger partial charge on any atom is 0.270 e. The molecule has 1 aromatic carbocycles. The van der Waals surface area contributed by atoms with Crippen LogP contribution in [0.2, 0.25) is 0 Å². The first-order valence-corrected chi connectivity index (χ1v) is 5.23. The Balaban J connectivity index is 2.17. The van der Waals surface area contributed by atoms with Crippen LogP contribution in [0.1, 0.15) is 35.4 Å². The van der Waals surface area contributed by atoms with Gasteiger partial charge in [0.15, 0.2) is 0 Å². The molecule has 1 fully saturated rings. The minimum absolute atomic E-state index is 0.238. The van der Waals surface area contributed by atoms with Crippen LogP contribution < -0.4 is 0 Å². The second-order valence-electron chi connectivity index (χ2n) is 4.24. The van der Waals surface area contributed by atoms with Crippen molar-refractivity contribution in [3.8, 4) is 0 Å². The van der Waals surface area contributed by atoms with Gasteiger partial charge < -0.3 is 0 Å². The van der Waals surface area contributed by atoms with Gasteiger partial charge in [0.05, 0.1) is 4.92 Å². The van der Waals surface area contributed by atoms with Crippen LogP contribution in [-0.4, -0.2) is 4.92 Å². The summed E-state index contributed by atoms with van der Waals surface area (Å²) in [7, 11) is 0. The molecule has 2 aliphatic carbocycles. The molecule has 0 saturated heterocycles. The van der Waals surface area contributed by atoms with Crippen molar-refractivity contribution in [2.45, 2.75) is 25.2 Å². The summed E-state index contributed by atoms with van der Waals surface area (Å²) in [5.74, 6) is 0.582. The van der Waals surface area contributed by atoms with Gasteiger partial charge in [-0.3, -0.25) is 10.1 Å². The minimum Gasteiger partial charge on any atom is -0.258 e. The third kappa shape index (κ3) is 1.35. The fourth-order valence-electron chi connectivity index (χ4n) is 2.25. The Hall–Kier alpha value is -1.64. The molecule has 3 rings (SSSR count). The van der Waals surface area contributed by atoms with Gasteiger partial charge in [0.25, 0.3) is 5.69 Å². The van der Waals surface area contributed by atoms with Crippen LogP contribution in [0.3, 0.4) is 0 Å². The molecule has 1 aromatic rings. The second-order valence-corrected chi connectivity index (χ2v) is 4.24. The van der Waals surface area contributed by atoms with Crippen molar-refractivity contribution in [1.29, 1.82) is 0 Å². The normalized spacial score (nSPS) is 17.9. The molecule has 76 valence electrons. The molecular formula is C12H11NO2. The quantitative estimate of drug-likeness (QED) is 0.545. The summed E-state index contributed by atoms with van der Waals surface area (Å²) in [5.41, 5.74) is 3.81. The molecule has 15 heavy (non-hydrogen) atoms. The number of hydrogen-bond acceptors (Lipinski definition) is 2. The molecule has 0 unspecified atom stereocenters. The van der Waals surface area contributed by atoms with Crippen LogP contribution in [0.4, 0.5) is 5.69 Å². The summed E-state index contributed by atoms with van der Waals surface area (Å²) < 4.78 is 0. The topological polar surface area (TPSA) is 43.1 Å². The van der Waals surface area contributed by atoms with Gasteiger partial charge in [-0.2, -0.15) is 0 Å². The van der Waals surface area contributed by atoms with E-state index in [2.05, 4.69) is 6.08 Å². The summed E-state index contributed by atoms with van der Waals surface area (Å²) in [4.78, 5) is 10.5. The number of non-ortho nitro benzene ring substituents is 1. The van der Waals surface area contributed by atoms with E-state index in [0.29, 0.717) is 5.92 Å². The second kappa shape index (κ2) is 2.92. The number of nitrogens with zero attached hydrogens (tertiary/aromatic N) is 1. The van der Waals surface area contributed by atoms with Gasteiger partial charge in [-0.1, -0.05) is 12.2 Å². The predicted octanol–water partition coefficient (Wildman–Crippen LogP) is 3.04. The van der Waals surface area contributed by atoms with E-state index in [-0.39, 0.29) is 10.6 Å². The number of benzene rings is 1. The molecule has 0 aliphatic heterocycles. The van der Waals surface area contributed by atoms with E-state index in [0.717, 1.165) is 12.0 Å². The van der Waals surface area contributed by atoms with Gasteiger partial charge in [0.1, 0.15) is 0 Å². The highest BCUT2D eigenvalue weighted by Gasteiger charge is 2.29. The molecule has 0 heterocycles. The van der Waals surface area contributed by atoms with E-state index in [1.165, 1.54) is 24.0 Å². The van der Waals surface area contributed by atoms with Crippen molar-refractivity contribution >= 4 is 11.8 Å². The van der Waals surface area contributed by atoms with Gasteiger partial charge in [-0.15, -0.1) is 0 Å². The number of hydrogen-bond donors (Lipinski definition) is 0. The zero-order valence-corrected chi connectivity index (χ0v) is 8.27. The third-order valence-corrected chi connectivity index (χ3v) is 3.15. The van der Waals surface area contributed by atoms with E-state index in [4.69, 9.17) is 0 Å². The highest BCUT2D eigenvalue weighted by Crippen LogP contribution is 2.45. The van der Waals surface area contributed by atoms with Crippen molar-refractivity contribution in [1.82, 2.24) is 0 Å². The van der Waals surface area contributed by atoms with E-state index >= 15 is 0 Å². The summed E-state index contributed by atoms with van der Waals surface area (Å²) in [5, 5.41) is 10.8. The monoisotopic (exact) mass is 201 g/mol. The maximum absolute atomic E-state index is 10.8. The lowest BCUT2D eigenvalue weighted by Gasteiger charge is -2.07. The van der Waals surface area contributed by atoms with E-state index in [1.807, 2.05) is 6.08 Å². The third-order valence-electron chi connectivity index (χ3n) is 3.15. The molecule has 0 spiro atoms. The molecule has 0 atom stereocenters. The van der Waals surface area contributed by atoms with Crippen LogP contribution in [0.15, 0.2) is 18.2 Å². The van der Waals surface area contributed by atoms with E-state index in [1.54, 1.807) is 12.1 Å². The number of nitro benzene ring substituents is 1. The summed E-state index contributed by atoms with van der Waals surface area (Å²) in [6, 6.07) is 3.45. The minimum atomic E-state index is -0.293. The van der Waals surface area contributed by atoms with Crippen LogP contribution in [0, 0.1) is 10.1 Å². The van der Waals surface area contributed by atoms with Crippen LogP contribution in [0.5, 0.6) is 0 Å². The number of nitro groups is 1. The van der Waals surface area contributed by atoms with Crippen molar-refractivity contribution in [3.63, 3.8) is 0 Å². The Morgan fingerprint density at radius 1 is 1.33 bits per heavy atom. The van der Waals surface area contributed by atoms with Gasteiger partial charge in [0.2, 0.25) is 0 Å². The lowest BCUT2D eigenvalue weighted by Crippen LogP contribution is -1.96. The van der Waals surface area contributed by atoms with E-state index in [9.17, 15) is 10.1 Å². The first kappa shape index (κ1) is 8.65. The Morgan fingerprint density at radius 2 is 2.13 bits per heavy atom. The van der Waals surface area contributed by atoms with Crippen LogP contribution in [0.25, 0.3) is 6.08 Å². The van der Waals surface area contributed by atoms with Crippen LogP contribution >= 0.6 is 0 Å². The zero-order valence-electron chi connectivity index (χ0n) is 8.27. The molecule has 0 aromatic heterocycles. The van der Waals surface area contributed by atoms with Gasteiger partial charge in [-0.25, -0.2) is 0 Å². The van der Waals surface area contributed by atoms with Crippen molar-refractivity contribution in [3.05, 3.63) is 45.0 Å². The standard InChI is InChI=1S/C12H11NO2/c14-13(15)10-6-9-2-1-3-11(9)12(7-10)8-4-5-8/h1-2,6-8H,3-5H2. The van der Waals surface area contributed by atoms with Crippen molar-refractivity contribution in [2.24, 2.45) is 0 Å². The first-order valence-electron chi connectivity index (χ1n) is 5.23. The molecule has 0 radical (unpaired) electrons. The smallest absolute Gasteiger partial charge is 0.258 e. The number of allylic oxidation sites excluding steroid dienone is 1. The Morgan fingerprint density at radius 3 is 2.80 bits per heavy atom. The maximum atomic E-state index is 10.8. The number of rotatable bonds is 2. The highest BCUT2D eigenvalue weighted by molar-refractivity contribution is 5.66. The fraction of sp³-hybridized carbons (Fsp3) is 0.333. The largest absolute Gasteiger partial charge is 0.270 e. The van der Waals surface area contributed by atoms with Gasteiger partial charge in [0, 0.05) is 12.1 Å². The molecule has 0 bridgehead atoms. The Bertz CT molecular complexity index is 473. The lowest BCUT2D eigenvalue weighted by atomic mass is 9.98. The van der Waals surface area contributed by atoms with Gasteiger partial charge in [-0.05, 0) is 41.9 Å². The molecular weight excluding hydrogens is 190 g/mol. The summed E-state index contributed by atoms with van der Waals surface area (Å²) in [6.45, 7) is 0. The average Bonchev–Trinajstić information content (AvgIpc) is 2.94. The summed E-state index contributed by atoms with van der Waals surface area (Å²) >= 11 is 0. The molecule has 2 aliphatic rings. The molecule has 3 heteroatoms.